The van der Waals surface area contributed by atoms with E-state index in [4.69, 9.17) is 9.15 Å². The van der Waals surface area contributed by atoms with Crippen molar-refractivity contribution in [1.29, 1.82) is 0 Å². The minimum Gasteiger partial charge on any atom is -0.450 e. The Kier molecular flexibility index (Phi) is 3.89. The Balaban J connectivity index is 1.70. The van der Waals surface area contributed by atoms with E-state index in [1.54, 1.807) is 31.3 Å². The summed E-state index contributed by atoms with van der Waals surface area (Å²) in [5.41, 5.74) is -1.08. The molecule has 0 radical (unpaired) electrons. The Hall–Kier alpha value is -3.52. The molecule has 0 aliphatic carbocycles. The number of likely N-dealkylation sites (N-methyl/N-ethyl adjacent to an activating group) is 1. The highest BCUT2D eigenvalue weighted by molar-refractivity contribution is 6.16. The number of hydrogen-bond acceptors (Lipinski definition) is 5. The van der Waals surface area contributed by atoms with Crippen molar-refractivity contribution in [1.82, 2.24) is 4.90 Å². The van der Waals surface area contributed by atoms with Gasteiger partial charge in [-0.15, -0.1) is 0 Å². The lowest BCUT2D eigenvalue weighted by Gasteiger charge is -2.35. The van der Waals surface area contributed by atoms with Gasteiger partial charge in [-0.05, 0) is 37.1 Å². The third-order valence-electron chi connectivity index (χ3n) is 6.74. The van der Waals surface area contributed by atoms with Crippen LogP contribution in [0.15, 0.2) is 51.7 Å². The van der Waals surface area contributed by atoms with Gasteiger partial charge in [-0.2, -0.15) is 0 Å². The molecule has 0 saturated carbocycles. The zero-order chi connectivity index (χ0) is 22.2. The highest BCUT2D eigenvalue weighted by Crippen LogP contribution is 2.52. The summed E-state index contributed by atoms with van der Waals surface area (Å²) >= 11 is 0. The number of nitrogens with zero attached hydrogens (tertiary/aromatic N) is 2. The zero-order valence-electron chi connectivity index (χ0n) is 17.3. The molecule has 2 aromatic carbocycles. The van der Waals surface area contributed by atoms with Crippen LogP contribution in [0.1, 0.15) is 34.5 Å². The van der Waals surface area contributed by atoms with Crippen molar-refractivity contribution in [2.45, 2.75) is 24.5 Å². The first-order valence-electron chi connectivity index (χ1n) is 10.5. The number of amides is 2. The monoisotopic (exact) mass is 434 g/mol. The molecule has 3 aromatic rings. The number of rotatable bonds is 2. The molecule has 3 aliphatic rings. The van der Waals surface area contributed by atoms with Crippen LogP contribution in [-0.4, -0.2) is 43.0 Å². The zero-order valence-corrected chi connectivity index (χ0v) is 17.3. The van der Waals surface area contributed by atoms with Crippen molar-refractivity contribution in [2.24, 2.45) is 0 Å². The maximum absolute atomic E-state index is 14.0. The van der Waals surface area contributed by atoms with E-state index in [1.807, 2.05) is 0 Å². The maximum atomic E-state index is 14.0. The van der Waals surface area contributed by atoms with E-state index in [2.05, 4.69) is 0 Å². The molecule has 0 bridgehead atoms. The topological polar surface area (TPSA) is 80.1 Å². The SMILES string of the molecule is CN1C(=O)C2(c3ccccc31)c1c(oc3ccc(F)cc3c1=O)C(=O)N2CC1CCCO1. The molecule has 1 fully saturated rings. The number of para-hydroxylation sites is 1. The van der Waals surface area contributed by atoms with Gasteiger partial charge in [0.05, 0.1) is 17.1 Å². The van der Waals surface area contributed by atoms with Crippen LogP contribution in [-0.2, 0) is 15.1 Å². The Morgan fingerprint density at radius 3 is 2.75 bits per heavy atom. The fourth-order valence-corrected chi connectivity index (χ4v) is 5.31. The van der Waals surface area contributed by atoms with Gasteiger partial charge in [0.25, 0.3) is 11.8 Å². The summed E-state index contributed by atoms with van der Waals surface area (Å²) in [6.07, 6.45) is 1.35. The van der Waals surface area contributed by atoms with Gasteiger partial charge in [0.1, 0.15) is 11.4 Å². The van der Waals surface area contributed by atoms with Crippen LogP contribution in [0.2, 0.25) is 0 Å². The molecule has 162 valence electrons. The lowest BCUT2D eigenvalue weighted by atomic mass is 9.83. The number of halogens is 1. The molecule has 1 spiro atoms. The van der Waals surface area contributed by atoms with Crippen molar-refractivity contribution in [3.05, 3.63) is 75.4 Å². The molecule has 4 heterocycles. The second kappa shape index (κ2) is 6.49. The third kappa shape index (κ3) is 2.25. The lowest BCUT2D eigenvalue weighted by Crippen LogP contribution is -2.54. The Bertz CT molecular complexity index is 1380. The highest BCUT2D eigenvalue weighted by Gasteiger charge is 2.64. The van der Waals surface area contributed by atoms with Crippen LogP contribution >= 0.6 is 0 Å². The summed E-state index contributed by atoms with van der Waals surface area (Å²) in [5.74, 6) is -1.75. The van der Waals surface area contributed by atoms with Gasteiger partial charge < -0.3 is 19.0 Å². The van der Waals surface area contributed by atoms with Gasteiger partial charge in [-0.3, -0.25) is 14.4 Å². The lowest BCUT2D eigenvalue weighted by molar-refractivity contribution is -0.126. The minimum atomic E-state index is -1.68. The number of ether oxygens (including phenoxy) is 1. The Labute approximate surface area is 182 Å². The number of benzene rings is 2. The summed E-state index contributed by atoms with van der Waals surface area (Å²) in [6.45, 7) is 0.721. The first kappa shape index (κ1) is 19.2. The molecule has 1 aromatic heterocycles. The Morgan fingerprint density at radius 1 is 1.16 bits per heavy atom. The van der Waals surface area contributed by atoms with E-state index in [0.717, 1.165) is 18.9 Å². The van der Waals surface area contributed by atoms with Crippen LogP contribution < -0.4 is 10.3 Å². The maximum Gasteiger partial charge on any atom is 0.291 e. The van der Waals surface area contributed by atoms with E-state index >= 15 is 0 Å². The van der Waals surface area contributed by atoms with Crippen LogP contribution in [0.4, 0.5) is 10.1 Å². The highest BCUT2D eigenvalue weighted by atomic mass is 19.1. The van der Waals surface area contributed by atoms with Crippen molar-refractivity contribution >= 4 is 28.5 Å². The van der Waals surface area contributed by atoms with Crippen molar-refractivity contribution in [3.8, 4) is 0 Å². The van der Waals surface area contributed by atoms with Crippen LogP contribution in [0, 0.1) is 5.82 Å². The molecule has 1 saturated heterocycles. The largest absolute Gasteiger partial charge is 0.450 e. The van der Waals surface area contributed by atoms with Crippen LogP contribution in [0.5, 0.6) is 0 Å². The second-order valence-corrected chi connectivity index (χ2v) is 8.42. The van der Waals surface area contributed by atoms with E-state index in [1.165, 1.54) is 21.9 Å². The predicted octanol–water partition coefficient (Wildman–Crippen LogP) is 2.79. The first-order chi connectivity index (χ1) is 15.4. The van der Waals surface area contributed by atoms with E-state index in [-0.39, 0.29) is 34.9 Å². The normalized spacial score (nSPS) is 24.1. The minimum absolute atomic E-state index is 0.00488. The van der Waals surface area contributed by atoms with Gasteiger partial charge in [-0.1, -0.05) is 18.2 Å². The Morgan fingerprint density at radius 2 is 1.97 bits per heavy atom. The van der Waals surface area contributed by atoms with Gasteiger partial charge in [-0.25, -0.2) is 4.39 Å². The van der Waals surface area contributed by atoms with Gasteiger partial charge in [0.15, 0.2) is 11.0 Å². The second-order valence-electron chi connectivity index (χ2n) is 8.42. The molecule has 2 unspecified atom stereocenters. The predicted molar refractivity (Wildman–Crippen MR) is 113 cm³/mol. The van der Waals surface area contributed by atoms with Gasteiger partial charge in [0.2, 0.25) is 5.76 Å². The van der Waals surface area contributed by atoms with Gasteiger partial charge in [0, 0.05) is 31.5 Å². The standard InChI is InChI=1S/C24H19FN2O5/c1-26-17-7-3-2-6-16(17)24(23(26)30)19-20(28)15-11-13(25)8-9-18(15)32-21(19)22(29)27(24)12-14-5-4-10-31-14/h2-3,6-9,11,14H,4-5,10,12H2,1H3. The smallest absolute Gasteiger partial charge is 0.291 e. The molecule has 6 rings (SSSR count). The average Bonchev–Trinajstić information content (AvgIpc) is 3.45. The van der Waals surface area contributed by atoms with Gasteiger partial charge >= 0.3 is 0 Å². The molecule has 32 heavy (non-hydrogen) atoms. The third-order valence-corrected chi connectivity index (χ3v) is 6.74. The number of fused-ring (bicyclic) bond motifs is 5. The molecular formula is C24H19FN2O5. The first-order valence-corrected chi connectivity index (χ1v) is 10.5. The van der Waals surface area contributed by atoms with Crippen LogP contribution in [0.25, 0.3) is 11.0 Å². The summed E-state index contributed by atoms with van der Waals surface area (Å²) in [5, 5.41) is -0.00488. The molecule has 7 nitrogen and oxygen atoms in total. The number of hydrogen-bond donors (Lipinski definition) is 0. The fourth-order valence-electron chi connectivity index (χ4n) is 5.31. The summed E-state index contributed by atoms with van der Waals surface area (Å²) in [7, 11) is 1.62. The summed E-state index contributed by atoms with van der Waals surface area (Å²) in [4.78, 5) is 44.1. The van der Waals surface area contributed by atoms with Crippen LogP contribution in [0.3, 0.4) is 0 Å². The summed E-state index contributed by atoms with van der Waals surface area (Å²) < 4.78 is 25.6. The number of anilines is 1. The number of carbonyl (C=O) groups excluding carboxylic acids is 2. The van der Waals surface area contributed by atoms with Crippen molar-refractivity contribution < 1.29 is 23.1 Å². The average molecular weight is 434 g/mol. The molecule has 0 N–H and O–H groups in total. The molecule has 3 aliphatic heterocycles. The molecule has 8 heteroatoms. The van der Waals surface area contributed by atoms with Crippen molar-refractivity contribution in [3.63, 3.8) is 0 Å². The van der Waals surface area contributed by atoms with E-state index < -0.39 is 28.6 Å². The van der Waals surface area contributed by atoms with Crippen molar-refractivity contribution in [2.75, 3.05) is 25.1 Å². The fraction of sp³-hybridized carbons (Fsp3) is 0.292. The number of carbonyl (C=O) groups is 2. The summed E-state index contributed by atoms with van der Waals surface area (Å²) in [6, 6.07) is 10.7. The molecular weight excluding hydrogens is 415 g/mol. The van der Waals surface area contributed by atoms with E-state index in [0.29, 0.717) is 17.9 Å². The molecule has 2 atom stereocenters. The van der Waals surface area contributed by atoms with E-state index in [9.17, 15) is 18.8 Å². The quantitative estimate of drug-likeness (QED) is 0.620. The molecule has 2 amide bonds.